The number of hydrogen-bond acceptors (Lipinski definition) is 1. The van der Waals surface area contributed by atoms with E-state index >= 15 is 0 Å². The maximum absolute atomic E-state index is 13.1. The quantitative estimate of drug-likeness (QED) is 0.844. The lowest BCUT2D eigenvalue weighted by Gasteiger charge is -2.57. The van der Waals surface area contributed by atoms with E-state index in [1.54, 1.807) is 0 Å². The van der Waals surface area contributed by atoms with E-state index in [4.69, 9.17) is 0 Å². The average Bonchev–Trinajstić information content (AvgIpc) is 2.54. The van der Waals surface area contributed by atoms with Gasteiger partial charge in [0.2, 0.25) is 0 Å². The molecular formula is C21H30FN2O+. The van der Waals surface area contributed by atoms with Crippen molar-refractivity contribution < 1.29 is 14.1 Å². The lowest BCUT2D eigenvalue weighted by Crippen LogP contribution is -3.12. The molecule has 0 radical (unpaired) electrons. The van der Waals surface area contributed by atoms with E-state index in [-0.39, 0.29) is 23.3 Å². The summed E-state index contributed by atoms with van der Waals surface area (Å²) in [5.74, 6) is 2.49. The zero-order valence-corrected chi connectivity index (χ0v) is 15.4. The van der Waals surface area contributed by atoms with E-state index in [0.717, 1.165) is 34.8 Å². The van der Waals surface area contributed by atoms with E-state index in [1.165, 1.54) is 50.7 Å². The number of benzene rings is 1. The summed E-state index contributed by atoms with van der Waals surface area (Å²) in [7, 11) is 2.05. The minimum absolute atomic E-state index is 0.0796. The standard InChI is InChI=1S/C21H29FN2O/c1-14(24(2)13-15-3-5-19(22)6-4-15)20(25)23-21-10-16-7-17(11-21)9-18(8-16)12-21/h3-6,14,16-18H,7-13H2,1-2H3,(H,23,25)/p+1/t14-,16?,17?,18?,21?/m1/s1. The zero-order valence-electron chi connectivity index (χ0n) is 15.4. The maximum Gasteiger partial charge on any atom is 0.278 e. The molecule has 4 heteroatoms. The van der Waals surface area contributed by atoms with Crippen molar-refractivity contribution in [3.8, 4) is 0 Å². The summed E-state index contributed by atoms with van der Waals surface area (Å²) in [5, 5.41) is 3.48. The highest BCUT2D eigenvalue weighted by Crippen LogP contribution is 2.55. The highest BCUT2D eigenvalue weighted by atomic mass is 19.1. The number of carbonyl (C=O) groups excluding carboxylic acids is 1. The fraction of sp³-hybridized carbons (Fsp3) is 0.667. The van der Waals surface area contributed by atoms with Gasteiger partial charge in [0.05, 0.1) is 7.05 Å². The third kappa shape index (κ3) is 3.46. The van der Waals surface area contributed by atoms with Gasteiger partial charge in [0.25, 0.3) is 5.91 Å². The summed E-state index contributed by atoms with van der Waals surface area (Å²) >= 11 is 0. The summed E-state index contributed by atoms with van der Waals surface area (Å²) in [6, 6.07) is 6.49. The van der Waals surface area contributed by atoms with Gasteiger partial charge < -0.3 is 10.2 Å². The smallest absolute Gasteiger partial charge is 0.278 e. The van der Waals surface area contributed by atoms with Crippen molar-refractivity contribution in [1.29, 1.82) is 0 Å². The highest BCUT2D eigenvalue weighted by Gasteiger charge is 2.52. The molecule has 0 spiro atoms. The predicted molar refractivity (Wildman–Crippen MR) is 95.5 cm³/mol. The first-order valence-corrected chi connectivity index (χ1v) is 9.81. The molecule has 2 atom stereocenters. The van der Waals surface area contributed by atoms with Crippen LogP contribution in [0.25, 0.3) is 0 Å². The first kappa shape index (κ1) is 17.0. The lowest BCUT2D eigenvalue weighted by molar-refractivity contribution is -0.908. The Morgan fingerprint density at radius 2 is 1.68 bits per heavy atom. The minimum atomic E-state index is -0.214. The van der Waals surface area contributed by atoms with Crippen molar-refractivity contribution in [1.82, 2.24) is 5.32 Å². The molecule has 136 valence electrons. The lowest BCUT2D eigenvalue weighted by atomic mass is 9.53. The minimum Gasteiger partial charge on any atom is -0.345 e. The first-order chi connectivity index (χ1) is 11.9. The fourth-order valence-corrected chi connectivity index (χ4v) is 5.93. The maximum atomic E-state index is 13.1. The van der Waals surface area contributed by atoms with Crippen LogP contribution in [0.3, 0.4) is 0 Å². The molecule has 3 nitrogen and oxygen atoms in total. The third-order valence-corrected chi connectivity index (χ3v) is 6.96. The summed E-state index contributed by atoms with van der Waals surface area (Å²) in [4.78, 5) is 14.1. The van der Waals surface area contributed by atoms with Gasteiger partial charge >= 0.3 is 0 Å². The molecule has 2 N–H and O–H groups in total. The van der Waals surface area contributed by atoms with Crippen molar-refractivity contribution in [2.45, 2.75) is 63.6 Å². The first-order valence-electron chi connectivity index (χ1n) is 9.81. The average molecular weight is 345 g/mol. The van der Waals surface area contributed by atoms with E-state index in [9.17, 15) is 9.18 Å². The van der Waals surface area contributed by atoms with Crippen LogP contribution in [0.4, 0.5) is 4.39 Å². The molecule has 1 aromatic carbocycles. The third-order valence-electron chi connectivity index (χ3n) is 6.96. The second kappa shape index (κ2) is 6.39. The predicted octanol–water partition coefficient (Wildman–Crippen LogP) is 2.31. The molecule has 0 aromatic heterocycles. The van der Waals surface area contributed by atoms with Crippen LogP contribution >= 0.6 is 0 Å². The largest absolute Gasteiger partial charge is 0.345 e. The van der Waals surface area contributed by atoms with Crippen LogP contribution in [0.5, 0.6) is 0 Å². The van der Waals surface area contributed by atoms with Crippen molar-refractivity contribution >= 4 is 5.91 Å². The van der Waals surface area contributed by atoms with Crippen LogP contribution in [-0.4, -0.2) is 24.5 Å². The molecule has 4 saturated carbocycles. The van der Waals surface area contributed by atoms with Crippen molar-refractivity contribution in [3.63, 3.8) is 0 Å². The van der Waals surface area contributed by atoms with E-state index < -0.39 is 0 Å². The number of carbonyl (C=O) groups is 1. The van der Waals surface area contributed by atoms with Crippen molar-refractivity contribution in [2.75, 3.05) is 7.05 Å². The molecule has 4 aliphatic carbocycles. The number of halogens is 1. The Morgan fingerprint density at radius 1 is 1.16 bits per heavy atom. The second-order valence-electron chi connectivity index (χ2n) is 9.06. The van der Waals surface area contributed by atoms with Gasteiger partial charge in [0, 0.05) is 11.1 Å². The number of quaternary nitrogens is 1. The Balaban J connectivity index is 1.38. The SMILES string of the molecule is C[C@H](C(=O)NC12CC3CC(CC(C3)C1)C2)[NH+](C)Cc1ccc(F)cc1. The summed E-state index contributed by atoms with van der Waals surface area (Å²) < 4.78 is 13.1. The van der Waals surface area contributed by atoms with Crippen LogP contribution in [0.15, 0.2) is 24.3 Å². The molecule has 5 rings (SSSR count). The Hall–Kier alpha value is -1.42. The van der Waals surface area contributed by atoms with Crippen LogP contribution in [-0.2, 0) is 11.3 Å². The molecule has 0 saturated heterocycles. The fourth-order valence-electron chi connectivity index (χ4n) is 5.93. The highest BCUT2D eigenvalue weighted by molar-refractivity contribution is 5.80. The number of nitrogens with one attached hydrogen (secondary N) is 2. The second-order valence-corrected chi connectivity index (χ2v) is 9.06. The summed E-state index contributed by atoms with van der Waals surface area (Å²) in [6.07, 6.45) is 7.73. The number of amides is 1. The summed E-state index contributed by atoms with van der Waals surface area (Å²) in [6.45, 7) is 2.74. The van der Waals surface area contributed by atoms with Gasteiger partial charge in [-0.05, 0) is 75.3 Å². The van der Waals surface area contributed by atoms with E-state index in [2.05, 4.69) is 5.32 Å². The Kier molecular flexibility index (Phi) is 4.35. The Labute approximate surface area is 150 Å². The van der Waals surface area contributed by atoms with Gasteiger partial charge in [-0.3, -0.25) is 4.79 Å². The molecule has 1 amide bonds. The molecule has 4 fully saturated rings. The molecular weight excluding hydrogens is 315 g/mol. The van der Waals surface area contributed by atoms with Crippen LogP contribution in [0, 0.1) is 23.6 Å². The van der Waals surface area contributed by atoms with Gasteiger partial charge in [-0.15, -0.1) is 0 Å². The van der Waals surface area contributed by atoms with E-state index in [1.807, 2.05) is 26.1 Å². The normalized spacial score (nSPS) is 35.4. The van der Waals surface area contributed by atoms with Gasteiger partial charge in [-0.25, -0.2) is 4.39 Å². The van der Waals surface area contributed by atoms with Crippen molar-refractivity contribution in [2.24, 2.45) is 17.8 Å². The van der Waals surface area contributed by atoms with Gasteiger partial charge in [0.1, 0.15) is 12.4 Å². The van der Waals surface area contributed by atoms with Crippen LogP contribution < -0.4 is 10.2 Å². The van der Waals surface area contributed by atoms with Gasteiger partial charge in [-0.1, -0.05) is 12.1 Å². The van der Waals surface area contributed by atoms with Gasteiger partial charge in [-0.2, -0.15) is 0 Å². The summed E-state index contributed by atoms with van der Waals surface area (Å²) in [5.41, 5.74) is 1.14. The van der Waals surface area contributed by atoms with Crippen LogP contribution in [0.2, 0.25) is 0 Å². The number of rotatable bonds is 5. The van der Waals surface area contributed by atoms with Crippen LogP contribution in [0.1, 0.15) is 51.0 Å². The number of hydrogen-bond donors (Lipinski definition) is 2. The molecule has 4 bridgehead atoms. The zero-order chi connectivity index (χ0) is 17.6. The molecule has 4 aliphatic rings. The monoisotopic (exact) mass is 345 g/mol. The van der Waals surface area contributed by atoms with E-state index in [0.29, 0.717) is 0 Å². The topological polar surface area (TPSA) is 33.5 Å². The van der Waals surface area contributed by atoms with Crippen molar-refractivity contribution in [3.05, 3.63) is 35.6 Å². The number of likely N-dealkylation sites (N-methyl/N-ethyl adjacent to an activating group) is 1. The molecule has 1 unspecified atom stereocenters. The molecule has 1 aromatic rings. The molecule has 25 heavy (non-hydrogen) atoms. The molecule has 0 heterocycles. The van der Waals surface area contributed by atoms with Gasteiger partial charge in [0.15, 0.2) is 6.04 Å². The molecule has 0 aliphatic heterocycles. The Bertz CT molecular complexity index is 607. The Morgan fingerprint density at radius 3 is 2.20 bits per heavy atom.